The van der Waals surface area contributed by atoms with E-state index in [1.54, 1.807) is 12.1 Å². The van der Waals surface area contributed by atoms with Gasteiger partial charge >= 0.3 is 6.61 Å². The average molecular weight is 367 g/mol. The molecule has 2 aromatic carbocycles. The summed E-state index contributed by atoms with van der Waals surface area (Å²) in [5, 5.41) is 2.68. The van der Waals surface area contributed by atoms with Gasteiger partial charge in [0.1, 0.15) is 5.75 Å². The van der Waals surface area contributed by atoms with E-state index < -0.39 is 6.61 Å². The summed E-state index contributed by atoms with van der Waals surface area (Å²) in [4.78, 5) is 12.3. The molecule has 0 heterocycles. The Kier molecular flexibility index (Phi) is 6.60. The van der Waals surface area contributed by atoms with Crippen molar-refractivity contribution in [2.24, 2.45) is 0 Å². The van der Waals surface area contributed by atoms with Gasteiger partial charge < -0.3 is 24.3 Å². The van der Waals surface area contributed by atoms with Crippen LogP contribution in [0.25, 0.3) is 0 Å². The third-order valence-electron chi connectivity index (χ3n) is 3.50. The summed E-state index contributed by atoms with van der Waals surface area (Å²) < 4.78 is 44.4. The molecule has 1 N–H and O–H groups in total. The zero-order chi connectivity index (χ0) is 19.1. The monoisotopic (exact) mass is 367 g/mol. The topological polar surface area (TPSA) is 66.0 Å². The summed E-state index contributed by atoms with van der Waals surface area (Å²) in [5.41, 5.74) is 1.07. The lowest BCUT2D eigenvalue weighted by molar-refractivity contribution is -0.115. The van der Waals surface area contributed by atoms with Crippen LogP contribution in [0.15, 0.2) is 36.4 Å². The maximum Gasteiger partial charge on any atom is 0.387 e. The fourth-order valence-electron chi connectivity index (χ4n) is 2.40. The van der Waals surface area contributed by atoms with Crippen molar-refractivity contribution < 1.29 is 32.5 Å². The van der Waals surface area contributed by atoms with Crippen molar-refractivity contribution in [3.05, 3.63) is 42.0 Å². The average Bonchev–Trinajstić information content (AvgIpc) is 2.62. The van der Waals surface area contributed by atoms with Crippen LogP contribution in [0, 0.1) is 0 Å². The van der Waals surface area contributed by atoms with E-state index in [0.29, 0.717) is 28.5 Å². The lowest BCUT2D eigenvalue weighted by Crippen LogP contribution is -2.15. The Morgan fingerprint density at radius 1 is 0.962 bits per heavy atom. The highest BCUT2D eigenvalue weighted by Crippen LogP contribution is 2.39. The summed E-state index contributed by atoms with van der Waals surface area (Å²) in [6.45, 7) is -2.90. The van der Waals surface area contributed by atoms with E-state index in [0.717, 1.165) is 0 Å². The summed E-state index contributed by atoms with van der Waals surface area (Å²) in [5.74, 6) is 0.997. The number of nitrogens with one attached hydrogen (secondary N) is 1. The molecule has 8 heteroatoms. The van der Waals surface area contributed by atoms with E-state index >= 15 is 0 Å². The molecule has 0 bridgehead atoms. The van der Waals surface area contributed by atoms with Crippen molar-refractivity contribution in [2.45, 2.75) is 13.0 Å². The van der Waals surface area contributed by atoms with Gasteiger partial charge in [-0.2, -0.15) is 8.78 Å². The zero-order valence-corrected chi connectivity index (χ0v) is 14.5. The second kappa shape index (κ2) is 8.89. The second-order valence-corrected chi connectivity index (χ2v) is 5.12. The van der Waals surface area contributed by atoms with Crippen molar-refractivity contribution in [2.75, 3.05) is 26.6 Å². The first-order chi connectivity index (χ1) is 12.5. The summed E-state index contributed by atoms with van der Waals surface area (Å²) >= 11 is 0. The molecule has 2 rings (SSSR count). The number of methoxy groups -OCH3 is 3. The molecule has 0 radical (unpaired) electrons. The molecule has 0 aromatic heterocycles. The molecule has 0 aliphatic heterocycles. The lowest BCUT2D eigenvalue weighted by Gasteiger charge is -2.15. The van der Waals surface area contributed by atoms with Gasteiger partial charge in [-0.3, -0.25) is 4.79 Å². The van der Waals surface area contributed by atoms with Crippen molar-refractivity contribution in [3.63, 3.8) is 0 Å². The minimum atomic E-state index is -2.90. The van der Waals surface area contributed by atoms with Crippen LogP contribution < -0.4 is 24.3 Å². The van der Waals surface area contributed by atoms with Crippen LogP contribution in [0.3, 0.4) is 0 Å². The SMILES string of the molecule is COc1ccc(CC(=O)Nc2ccc(OC(F)F)cc2)c(OC)c1OC. The molecule has 140 valence electrons. The van der Waals surface area contributed by atoms with Gasteiger partial charge in [0.2, 0.25) is 11.7 Å². The number of ether oxygens (including phenoxy) is 4. The van der Waals surface area contributed by atoms with Gasteiger partial charge in [-0.25, -0.2) is 0 Å². The van der Waals surface area contributed by atoms with Gasteiger partial charge in [-0.05, 0) is 30.3 Å². The highest BCUT2D eigenvalue weighted by atomic mass is 19.3. The fraction of sp³-hybridized carbons (Fsp3) is 0.278. The zero-order valence-electron chi connectivity index (χ0n) is 14.5. The van der Waals surface area contributed by atoms with Gasteiger partial charge in [0, 0.05) is 11.3 Å². The van der Waals surface area contributed by atoms with Gasteiger partial charge in [0.25, 0.3) is 0 Å². The summed E-state index contributed by atoms with van der Waals surface area (Å²) in [6.07, 6.45) is 0.0266. The molecule has 0 aliphatic rings. The lowest BCUT2D eigenvalue weighted by atomic mass is 10.1. The number of carbonyl (C=O) groups is 1. The number of alkyl halides is 2. The highest BCUT2D eigenvalue weighted by Gasteiger charge is 2.18. The smallest absolute Gasteiger partial charge is 0.387 e. The van der Waals surface area contributed by atoms with E-state index in [-0.39, 0.29) is 18.1 Å². The minimum absolute atomic E-state index is 0.0135. The largest absolute Gasteiger partial charge is 0.493 e. The Balaban J connectivity index is 2.10. The number of amides is 1. The normalized spacial score (nSPS) is 10.4. The molecule has 26 heavy (non-hydrogen) atoms. The molecule has 6 nitrogen and oxygen atoms in total. The van der Waals surface area contributed by atoms with Crippen LogP contribution in [0.2, 0.25) is 0 Å². The molecular weight excluding hydrogens is 348 g/mol. The molecule has 0 unspecified atom stereocenters. The van der Waals surface area contributed by atoms with Crippen LogP contribution >= 0.6 is 0 Å². The van der Waals surface area contributed by atoms with Crippen LogP contribution in [0.1, 0.15) is 5.56 Å². The standard InChI is InChI=1S/C18H19F2NO5/c1-23-14-9-4-11(16(24-2)17(14)25-3)10-15(22)21-12-5-7-13(8-6-12)26-18(19)20/h4-9,18H,10H2,1-3H3,(H,21,22). The van der Waals surface area contributed by atoms with E-state index in [9.17, 15) is 13.6 Å². The van der Waals surface area contributed by atoms with E-state index in [2.05, 4.69) is 10.1 Å². The van der Waals surface area contributed by atoms with Crippen molar-refractivity contribution in [3.8, 4) is 23.0 Å². The number of halogens is 2. The molecule has 0 atom stereocenters. The van der Waals surface area contributed by atoms with Crippen molar-refractivity contribution >= 4 is 11.6 Å². The Morgan fingerprint density at radius 3 is 2.15 bits per heavy atom. The Bertz CT molecular complexity index is 750. The number of rotatable bonds is 8. The molecular formula is C18H19F2NO5. The molecule has 2 aromatic rings. The van der Waals surface area contributed by atoms with E-state index in [4.69, 9.17) is 14.2 Å². The quantitative estimate of drug-likeness (QED) is 0.774. The minimum Gasteiger partial charge on any atom is -0.493 e. The maximum atomic E-state index is 12.3. The summed E-state index contributed by atoms with van der Waals surface area (Å²) in [7, 11) is 4.46. The second-order valence-electron chi connectivity index (χ2n) is 5.12. The Hall–Kier alpha value is -3.03. The molecule has 0 saturated carbocycles. The number of hydrogen-bond donors (Lipinski definition) is 1. The molecule has 0 saturated heterocycles. The van der Waals surface area contributed by atoms with Crippen LogP contribution in [0.4, 0.5) is 14.5 Å². The van der Waals surface area contributed by atoms with Crippen LogP contribution in [-0.2, 0) is 11.2 Å². The van der Waals surface area contributed by atoms with Crippen LogP contribution in [0.5, 0.6) is 23.0 Å². The number of anilines is 1. The van der Waals surface area contributed by atoms with Gasteiger partial charge in [0.15, 0.2) is 11.5 Å². The predicted molar refractivity (Wildman–Crippen MR) is 91.5 cm³/mol. The molecule has 0 aliphatic carbocycles. The van der Waals surface area contributed by atoms with Gasteiger partial charge in [0.05, 0.1) is 27.8 Å². The fourth-order valence-corrected chi connectivity index (χ4v) is 2.40. The highest BCUT2D eigenvalue weighted by molar-refractivity contribution is 5.92. The first-order valence-corrected chi connectivity index (χ1v) is 7.61. The first kappa shape index (κ1) is 19.3. The van der Waals surface area contributed by atoms with Crippen LogP contribution in [-0.4, -0.2) is 33.8 Å². The third kappa shape index (κ3) is 4.75. The van der Waals surface area contributed by atoms with Crippen molar-refractivity contribution in [1.29, 1.82) is 0 Å². The number of benzene rings is 2. The molecule has 1 amide bonds. The third-order valence-corrected chi connectivity index (χ3v) is 3.50. The number of carbonyl (C=O) groups excluding carboxylic acids is 1. The van der Waals surface area contributed by atoms with Crippen molar-refractivity contribution in [1.82, 2.24) is 0 Å². The Labute approximate surface area is 149 Å². The Morgan fingerprint density at radius 2 is 1.62 bits per heavy atom. The summed E-state index contributed by atoms with van der Waals surface area (Å²) in [6, 6.07) is 9.03. The molecule has 0 fully saturated rings. The van der Waals surface area contributed by atoms with Gasteiger partial charge in [-0.1, -0.05) is 6.07 Å². The van der Waals surface area contributed by atoms with Gasteiger partial charge in [-0.15, -0.1) is 0 Å². The van der Waals surface area contributed by atoms with E-state index in [1.807, 2.05) is 0 Å². The number of hydrogen-bond acceptors (Lipinski definition) is 5. The molecule has 0 spiro atoms. The predicted octanol–water partition coefficient (Wildman–Crippen LogP) is 3.50. The maximum absolute atomic E-state index is 12.3. The first-order valence-electron chi connectivity index (χ1n) is 7.61. The van der Waals surface area contributed by atoms with E-state index in [1.165, 1.54) is 45.6 Å².